The SMILES string of the molecule is Fc1ccc(Oc2ccc3nc([C@@H]4C[C@@H](Cc5ccccc5)CN4)[nH]c3c2)cc1. The lowest BCUT2D eigenvalue weighted by Gasteiger charge is -2.08. The highest BCUT2D eigenvalue weighted by Crippen LogP contribution is 2.30. The van der Waals surface area contributed by atoms with Crippen LogP contribution in [0.2, 0.25) is 0 Å². The van der Waals surface area contributed by atoms with Gasteiger partial charge in [-0.1, -0.05) is 30.3 Å². The number of aromatic amines is 1. The molecule has 4 nitrogen and oxygen atoms in total. The summed E-state index contributed by atoms with van der Waals surface area (Å²) >= 11 is 0. The Hall–Kier alpha value is -3.18. The van der Waals surface area contributed by atoms with Crippen molar-refractivity contribution in [2.75, 3.05) is 6.54 Å². The molecular weight excluding hydrogens is 365 g/mol. The number of fused-ring (bicyclic) bond motifs is 1. The molecule has 2 atom stereocenters. The van der Waals surface area contributed by atoms with Crippen LogP contribution in [0.5, 0.6) is 11.5 Å². The zero-order chi connectivity index (χ0) is 19.6. The molecule has 1 aliphatic rings. The number of nitrogens with zero attached hydrogens (tertiary/aromatic N) is 1. The lowest BCUT2D eigenvalue weighted by atomic mass is 9.96. The number of H-pyrrole nitrogens is 1. The topological polar surface area (TPSA) is 49.9 Å². The van der Waals surface area contributed by atoms with E-state index in [1.165, 1.54) is 17.7 Å². The Morgan fingerprint density at radius 2 is 1.76 bits per heavy atom. The van der Waals surface area contributed by atoms with E-state index in [9.17, 15) is 4.39 Å². The van der Waals surface area contributed by atoms with Gasteiger partial charge in [-0.2, -0.15) is 0 Å². The molecule has 146 valence electrons. The summed E-state index contributed by atoms with van der Waals surface area (Å²) in [6.45, 7) is 0.996. The van der Waals surface area contributed by atoms with Crippen LogP contribution in [0, 0.1) is 11.7 Å². The quantitative estimate of drug-likeness (QED) is 0.483. The highest BCUT2D eigenvalue weighted by atomic mass is 19.1. The molecule has 0 bridgehead atoms. The van der Waals surface area contributed by atoms with E-state index in [4.69, 9.17) is 9.72 Å². The molecule has 0 spiro atoms. The molecule has 5 rings (SSSR count). The first kappa shape index (κ1) is 17.9. The number of hydrogen-bond acceptors (Lipinski definition) is 3. The molecule has 1 fully saturated rings. The van der Waals surface area contributed by atoms with Gasteiger partial charge in [0.1, 0.15) is 23.1 Å². The van der Waals surface area contributed by atoms with E-state index in [1.807, 2.05) is 18.2 Å². The first-order valence-corrected chi connectivity index (χ1v) is 9.93. The van der Waals surface area contributed by atoms with E-state index in [2.05, 4.69) is 40.6 Å². The summed E-state index contributed by atoms with van der Waals surface area (Å²) < 4.78 is 18.9. The van der Waals surface area contributed by atoms with Gasteiger partial charge in [-0.25, -0.2) is 9.37 Å². The standard InChI is InChI=1S/C24H22FN3O/c25-18-6-8-19(9-7-18)29-20-10-11-21-22(14-20)28-24(27-21)23-13-17(15-26-23)12-16-4-2-1-3-5-16/h1-11,14,17,23,26H,12-13,15H2,(H,27,28)/t17-,23+/m1/s1. The summed E-state index contributed by atoms with van der Waals surface area (Å²) in [7, 11) is 0. The van der Waals surface area contributed by atoms with Crippen LogP contribution in [-0.4, -0.2) is 16.5 Å². The third-order valence-corrected chi connectivity index (χ3v) is 5.44. The van der Waals surface area contributed by atoms with Gasteiger partial charge in [0, 0.05) is 6.07 Å². The minimum Gasteiger partial charge on any atom is -0.457 e. The summed E-state index contributed by atoms with van der Waals surface area (Å²) in [4.78, 5) is 8.22. The highest BCUT2D eigenvalue weighted by Gasteiger charge is 2.27. The molecule has 1 saturated heterocycles. The summed E-state index contributed by atoms with van der Waals surface area (Å²) in [5.74, 6) is 2.59. The van der Waals surface area contributed by atoms with Crippen LogP contribution in [0.25, 0.3) is 11.0 Å². The van der Waals surface area contributed by atoms with Gasteiger partial charge in [-0.05, 0) is 67.3 Å². The van der Waals surface area contributed by atoms with Crippen molar-refractivity contribution in [2.45, 2.75) is 18.9 Å². The number of benzene rings is 3. The molecule has 2 heterocycles. The third-order valence-electron chi connectivity index (χ3n) is 5.44. The molecular formula is C24H22FN3O. The van der Waals surface area contributed by atoms with Crippen LogP contribution in [0.1, 0.15) is 23.9 Å². The van der Waals surface area contributed by atoms with Crippen molar-refractivity contribution in [3.8, 4) is 11.5 Å². The van der Waals surface area contributed by atoms with E-state index < -0.39 is 0 Å². The summed E-state index contributed by atoms with van der Waals surface area (Å²) in [5.41, 5.74) is 3.24. The van der Waals surface area contributed by atoms with Crippen LogP contribution in [0.3, 0.4) is 0 Å². The fourth-order valence-corrected chi connectivity index (χ4v) is 4.00. The number of hydrogen-bond donors (Lipinski definition) is 2. The van der Waals surface area contributed by atoms with Crippen molar-refractivity contribution in [1.82, 2.24) is 15.3 Å². The van der Waals surface area contributed by atoms with Crippen molar-refractivity contribution in [3.05, 3.63) is 90.0 Å². The Kier molecular flexibility index (Phi) is 4.74. The summed E-state index contributed by atoms with van der Waals surface area (Å²) in [6.07, 6.45) is 2.15. The average molecular weight is 387 g/mol. The first-order chi connectivity index (χ1) is 14.2. The second-order valence-electron chi connectivity index (χ2n) is 7.61. The Balaban J connectivity index is 1.29. The van der Waals surface area contributed by atoms with E-state index >= 15 is 0 Å². The minimum atomic E-state index is -0.277. The van der Waals surface area contributed by atoms with Crippen molar-refractivity contribution < 1.29 is 9.13 Å². The van der Waals surface area contributed by atoms with Crippen LogP contribution in [0.4, 0.5) is 4.39 Å². The summed E-state index contributed by atoms with van der Waals surface area (Å²) in [6, 6.07) is 22.7. The molecule has 0 unspecified atom stereocenters. The Labute approximate surface area is 168 Å². The van der Waals surface area contributed by atoms with Gasteiger partial charge in [-0.15, -0.1) is 0 Å². The fraction of sp³-hybridized carbons (Fsp3) is 0.208. The van der Waals surface area contributed by atoms with Crippen molar-refractivity contribution in [1.29, 1.82) is 0 Å². The normalized spacial score (nSPS) is 18.9. The third kappa shape index (κ3) is 4.00. The molecule has 0 amide bonds. The van der Waals surface area contributed by atoms with Crippen molar-refractivity contribution in [3.63, 3.8) is 0 Å². The molecule has 1 aliphatic heterocycles. The second kappa shape index (κ2) is 7.68. The molecule has 3 aromatic carbocycles. The van der Waals surface area contributed by atoms with E-state index in [0.29, 0.717) is 17.4 Å². The number of ether oxygens (including phenoxy) is 1. The maximum Gasteiger partial charge on any atom is 0.129 e. The van der Waals surface area contributed by atoms with Crippen LogP contribution in [-0.2, 0) is 6.42 Å². The Bertz CT molecular complexity index is 1110. The molecule has 2 N–H and O–H groups in total. The van der Waals surface area contributed by atoms with Gasteiger partial charge >= 0.3 is 0 Å². The zero-order valence-corrected chi connectivity index (χ0v) is 15.9. The molecule has 29 heavy (non-hydrogen) atoms. The van der Waals surface area contributed by atoms with Crippen LogP contribution in [0.15, 0.2) is 72.8 Å². The monoisotopic (exact) mass is 387 g/mol. The predicted molar refractivity (Wildman–Crippen MR) is 112 cm³/mol. The highest BCUT2D eigenvalue weighted by molar-refractivity contribution is 5.77. The van der Waals surface area contributed by atoms with Gasteiger partial charge in [0.2, 0.25) is 0 Å². The fourth-order valence-electron chi connectivity index (χ4n) is 4.00. The number of aromatic nitrogens is 2. The number of nitrogens with one attached hydrogen (secondary N) is 2. The van der Waals surface area contributed by atoms with Crippen molar-refractivity contribution in [2.24, 2.45) is 5.92 Å². The van der Waals surface area contributed by atoms with Crippen LogP contribution >= 0.6 is 0 Å². The zero-order valence-electron chi connectivity index (χ0n) is 15.9. The van der Waals surface area contributed by atoms with Crippen LogP contribution < -0.4 is 10.1 Å². The molecule has 0 radical (unpaired) electrons. The van der Waals surface area contributed by atoms with E-state index in [-0.39, 0.29) is 11.9 Å². The van der Waals surface area contributed by atoms with E-state index in [1.54, 1.807) is 12.1 Å². The van der Waals surface area contributed by atoms with Gasteiger partial charge in [-0.3, -0.25) is 0 Å². The lowest BCUT2D eigenvalue weighted by molar-refractivity contribution is 0.481. The largest absolute Gasteiger partial charge is 0.457 e. The molecule has 4 aromatic rings. The number of halogens is 1. The Morgan fingerprint density at radius 1 is 0.966 bits per heavy atom. The lowest BCUT2D eigenvalue weighted by Crippen LogP contribution is -2.15. The molecule has 5 heteroatoms. The van der Waals surface area contributed by atoms with Gasteiger partial charge in [0.25, 0.3) is 0 Å². The number of imidazole rings is 1. The summed E-state index contributed by atoms with van der Waals surface area (Å²) in [5, 5.41) is 3.60. The smallest absolute Gasteiger partial charge is 0.129 e. The average Bonchev–Trinajstić information content (AvgIpc) is 3.37. The van der Waals surface area contributed by atoms with E-state index in [0.717, 1.165) is 36.2 Å². The molecule has 0 saturated carbocycles. The second-order valence-corrected chi connectivity index (χ2v) is 7.61. The maximum atomic E-state index is 13.1. The predicted octanol–water partition coefficient (Wildman–Crippen LogP) is 5.39. The van der Waals surface area contributed by atoms with Gasteiger partial charge in [0.15, 0.2) is 0 Å². The Morgan fingerprint density at radius 3 is 2.59 bits per heavy atom. The number of rotatable bonds is 5. The van der Waals surface area contributed by atoms with Crippen molar-refractivity contribution >= 4 is 11.0 Å². The first-order valence-electron chi connectivity index (χ1n) is 9.93. The molecule has 0 aliphatic carbocycles. The molecule has 1 aromatic heterocycles. The van der Waals surface area contributed by atoms with Gasteiger partial charge in [0.05, 0.1) is 17.1 Å². The maximum absolute atomic E-state index is 13.1. The minimum absolute atomic E-state index is 0.234. The van der Waals surface area contributed by atoms with Gasteiger partial charge < -0.3 is 15.0 Å².